The number of nitrogens with zero attached hydrogens (tertiary/aromatic N) is 2. The maximum absolute atomic E-state index is 6.14. The van der Waals surface area contributed by atoms with E-state index < -0.39 is 0 Å². The van der Waals surface area contributed by atoms with Crippen molar-refractivity contribution in [3.05, 3.63) is 23.9 Å². The lowest BCUT2D eigenvalue weighted by Crippen LogP contribution is -2.17. The smallest absolute Gasteiger partial charge is 0.133 e. The van der Waals surface area contributed by atoms with Gasteiger partial charge < -0.3 is 11.1 Å². The summed E-state index contributed by atoms with van der Waals surface area (Å²) in [4.78, 5) is 0. The van der Waals surface area contributed by atoms with E-state index in [1.165, 1.54) is 0 Å². The molecular formula is C13H20N4. The van der Waals surface area contributed by atoms with Crippen molar-refractivity contribution in [2.75, 3.05) is 11.1 Å². The molecule has 2 aromatic rings. The van der Waals surface area contributed by atoms with Crippen LogP contribution < -0.4 is 11.1 Å². The van der Waals surface area contributed by atoms with Crippen LogP contribution in [0.2, 0.25) is 0 Å². The van der Waals surface area contributed by atoms with Crippen molar-refractivity contribution in [2.24, 2.45) is 0 Å². The molecule has 0 fully saturated rings. The summed E-state index contributed by atoms with van der Waals surface area (Å²) in [7, 11) is 0. The molecular weight excluding hydrogens is 212 g/mol. The molecule has 0 aliphatic rings. The molecule has 0 saturated carbocycles. The zero-order valence-corrected chi connectivity index (χ0v) is 10.9. The Hall–Kier alpha value is -1.71. The van der Waals surface area contributed by atoms with Crippen molar-refractivity contribution in [1.82, 2.24) is 9.61 Å². The first-order valence-electron chi connectivity index (χ1n) is 6.03. The van der Waals surface area contributed by atoms with Crippen LogP contribution >= 0.6 is 0 Å². The Kier molecular flexibility index (Phi) is 2.96. The lowest BCUT2D eigenvalue weighted by Gasteiger charge is -2.20. The first kappa shape index (κ1) is 11.8. The highest BCUT2D eigenvalue weighted by molar-refractivity contribution is 5.70. The molecule has 0 aromatic carbocycles. The number of anilines is 2. The number of rotatable bonds is 3. The van der Waals surface area contributed by atoms with Crippen LogP contribution in [0.15, 0.2) is 18.3 Å². The second-order valence-electron chi connectivity index (χ2n) is 4.98. The first-order valence-corrected chi connectivity index (χ1v) is 6.03. The summed E-state index contributed by atoms with van der Waals surface area (Å²) in [5.74, 6) is 1.37. The van der Waals surface area contributed by atoms with Crippen molar-refractivity contribution in [3.63, 3.8) is 0 Å². The Bertz CT molecular complexity index is 525. The van der Waals surface area contributed by atoms with Crippen LogP contribution in [-0.2, 0) is 0 Å². The molecule has 2 heterocycles. The van der Waals surface area contributed by atoms with Crippen LogP contribution in [0.4, 0.5) is 11.5 Å². The SMILES string of the molecule is CC(C)Nc1c(C(C)C)c(N)cc2ccnn12. The molecule has 0 aliphatic heterocycles. The molecule has 2 aromatic heterocycles. The van der Waals surface area contributed by atoms with Gasteiger partial charge in [0.05, 0.1) is 11.7 Å². The summed E-state index contributed by atoms with van der Waals surface area (Å²) in [6.45, 7) is 8.52. The quantitative estimate of drug-likeness (QED) is 0.855. The number of fused-ring (bicyclic) bond motifs is 1. The third kappa shape index (κ3) is 2.07. The summed E-state index contributed by atoms with van der Waals surface area (Å²) in [6.07, 6.45) is 1.80. The van der Waals surface area contributed by atoms with Crippen LogP contribution in [-0.4, -0.2) is 15.7 Å². The van der Waals surface area contributed by atoms with Crippen molar-refractivity contribution < 1.29 is 0 Å². The van der Waals surface area contributed by atoms with Crippen LogP contribution in [0.5, 0.6) is 0 Å². The highest BCUT2D eigenvalue weighted by Crippen LogP contribution is 2.31. The minimum absolute atomic E-state index is 0.349. The molecule has 0 atom stereocenters. The van der Waals surface area contributed by atoms with Gasteiger partial charge in [-0.15, -0.1) is 0 Å². The van der Waals surface area contributed by atoms with Crippen LogP contribution in [0.25, 0.3) is 5.52 Å². The van der Waals surface area contributed by atoms with E-state index in [-0.39, 0.29) is 0 Å². The van der Waals surface area contributed by atoms with Gasteiger partial charge in [0.15, 0.2) is 0 Å². The van der Waals surface area contributed by atoms with Crippen molar-refractivity contribution >= 4 is 17.0 Å². The zero-order chi connectivity index (χ0) is 12.6. The van der Waals surface area contributed by atoms with E-state index in [9.17, 15) is 0 Å². The molecule has 4 nitrogen and oxygen atoms in total. The fourth-order valence-corrected chi connectivity index (χ4v) is 2.12. The molecule has 92 valence electrons. The second kappa shape index (κ2) is 4.28. The third-order valence-electron chi connectivity index (χ3n) is 2.76. The van der Waals surface area contributed by atoms with Crippen LogP contribution in [0.1, 0.15) is 39.2 Å². The van der Waals surface area contributed by atoms with E-state index >= 15 is 0 Å². The maximum Gasteiger partial charge on any atom is 0.133 e. The van der Waals surface area contributed by atoms with E-state index in [1.807, 2.05) is 16.6 Å². The number of nitrogens with two attached hydrogens (primary N) is 1. The van der Waals surface area contributed by atoms with Gasteiger partial charge in [0, 0.05) is 17.3 Å². The molecule has 0 radical (unpaired) electrons. The fourth-order valence-electron chi connectivity index (χ4n) is 2.12. The Morgan fingerprint density at radius 3 is 2.59 bits per heavy atom. The van der Waals surface area contributed by atoms with Crippen molar-refractivity contribution in [3.8, 4) is 0 Å². The third-order valence-corrected chi connectivity index (χ3v) is 2.76. The summed E-state index contributed by atoms with van der Waals surface area (Å²) < 4.78 is 1.92. The molecule has 17 heavy (non-hydrogen) atoms. The molecule has 4 heteroatoms. The molecule has 0 unspecified atom stereocenters. The summed E-state index contributed by atoms with van der Waals surface area (Å²) >= 11 is 0. The highest BCUT2D eigenvalue weighted by atomic mass is 15.3. The topological polar surface area (TPSA) is 55.3 Å². The van der Waals surface area contributed by atoms with E-state index in [0.717, 1.165) is 22.6 Å². The van der Waals surface area contributed by atoms with E-state index in [2.05, 4.69) is 38.1 Å². The number of pyridine rings is 1. The molecule has 3 N–H and O–H groups in total. The monoisotopic (exact) mass is 232 g/mol. The largest absolute Gasteiger partial charge is 0.398 e. The fraction of sp³-hybridized carbons (Fsp3) is 0.462. The maximum atomic E-state index is 6.14. The normalized spacial score (nSPS) is 11.6. The average Bonchev–Trinajstić information content (AvgIpc) is 2.63. The molecule has 0 aliphatic carbocycles. The minimum Gasteiger partial charge on any atom is -0.398 e. The van der Waals surface area contributed by atoms with Gasteiger partial charge in [0.1, 0.15) is 5.82 Å². The number of hydrogen-bond donors (Lipinski definition) is 2. The van der Waals surface area contributed by atoms with Crippen molar-refractivity contribution in [2.45, 2.75) is 39.7 Å². The van der Waals surface area contributed by atoms with Gasteiger partial charge in [-0.25, -0.2) is 4.52 Å². The van der Waals surface area contributed by atoms with Gasteiger partial charge in [-0.3, -0.25) is 0 Å². The summed E-state index contributed by atoms with van der Waals surface area (Å²) in [6, 6.07) is 4.29. The lowest BCUT2D eigenvalue weighted by molar-refractivity contribution is 0.810. The highest BCUT2D eigenvalue weighted by Gasteiger charge is 2.16. The standard InChI is InChI=1S/C13H20N4/c1-8(2)12-11(14)7-10-5-6-15-17(10)13(12)16-9(3)4/h5-9,16H,14H2,1-4H3. The molecule has 0 amide bonds. The minimum atomic E-state index is 0.349. The Morgan fingerprint density at radius 2 is 2.00 bits per heavy atom. The van der Waals surface area contributed by atoms with Gasteiger partial charge in [-0.2, -0.15) is 5.10 Å². The van der Waals surface area contributed by atoms with Crippen molar-refractivity contribution in [1.29, 1.82) is 0 Å². The number of hydrogen-bond acceptors (Lipinski definition) is 3. The van der Waals surface area contributed by atoms with Crippen LogP contribution in [0, 0.1) is 0 Å². The molecule has 0 saturated heterocycles. The molecule has 2 rings (SSSR count). The first-order chi connectivity index (χ1) is 8.00. The predicted molar refractivity (Wildman–Crippen MR) is 72.5 cm³/mol. The Balaban J connectivity index is 2.71. The van der Waals surface area contributed by atoms with Gasteiger partial charge in [0.2, 0.25) is 0 Å². The Morgan fingerprint density at radius 1 is 1.29 bits per heavy atom. The summed E-state index contributed by atoms with van der Waals surface area (Å²) in [5.41, 5.74) is 9.13. The lowest BCUT2D eigenvalue weighted by atomic mass is 10.0. The number of nitrogen functional groups attached to an aromatic ring is 1. The van der Waals surface area contributed by atoms with E-state index in [4.69, 9.17) is 5.73 Å². The van der Waals surface area contributed by atoms with Crippen LogP contribution in [0.3, 0.4) is 0 Å². The van der Waals surface area contributed by atoms with Gasteiger partial charge in [-0.1, -0.05) is 13.8 Å². The average molecular weight is 232 g/mol. The number of nitrogens with one attached hydrogen (secondary N) is 1. The summed E-state index contributed by atoms with van der Waals surface area (Å²) in [5, 5.41) is 7.80. The number of aromatic nitrogens is 2. The zero-order valence-electron chi connectivity index (χ0n) is 10.9. The van der Waals surface area contributed by atoms with E-state index in [0.29, 0.717) is 12.0 Å². The van der Waals surface area contributed by atoms with Gasteiger partial charge >= 0.3 is 0 Å². The van der Waals surface area contributed by atoms with Gasteiger partial charge in [-0.05, 0) is 31.9 Å². The Labute approximate surface area is 102 Å². The second-order valence-corrected chi connectivity index (χ2v) is 4.98. The predicted octanol–water partition coefficient (Wildman–Crippen LogP) is 2.86. The molecule has 0 bridgehead atoms. The van der Waals surface area contributed by atoms with E-state index in [1.54, 1.807) is 6.20 Å². The molecule has 0 spiro atoms. The van der Waals surface area contributed by atoms with Gasteiger partial charge in [0.25, 0.3) is 0 Å².